The van der Waals surface area contributed by atoms with E-state index in [9.17, 15) is 9.59 Å². The monoisotopic (exact) mass is 400 g/mol. The number of amides is 2. The van der Waals surface area contributed by atoms with Crippen LogP contribution in [-0.2, 0) is 16.1 Å². The first-order valence-corrected chi connectivity index (χ1v) is 9.60. The van der Waals surface area contributed by atoms with Crippen molar-refractivity contribution in [1.82, 2.24) is 4.57 Å². The molecule has 1 unspecified atom stereocenters. The first-order chi connectivity index (χ1) is 14.5. The highest BCUT2D eigenvalue weighted by Gasteiger charge is 2.23. The zero-order chi connectivity index (χ0) is 21.1. The van der Waals surface area contributed by atoms with Gasteiger partial charge >= 0.3 is 0 Å². The number of hydrogen-bond donors (Lipinski definition) is 2. The molecule has 2 heterocycles. The number of carbonyl (C=O) groups excluding carboxylic acids is 2. The number of ether oxygens (including phenoxy) is 1. The molecule has 1 aliphatic rings. The van der Waals surface area contributed by atoms with Crippen LogP contribution in [0.3, 0.4) is 0 Å². The number of rotatable bonds is 5. The number of anilines is 2. The Morgan fingerprint density at radius 1 is 1.33 bits per heavy atom. The predicted octanol–water partition coefficient (Wildman–Crippen LogP) is 3.93. The standard InChI is InChI=1S/C23H20N4O3/c1-15-23(29)26-19-13-17(8-9-21(19)30-15)25-22(28)10-7-16-14-27(12-4-11-24)20-6-3-2-5-18(16)20/h2-3,5-10,13-15H,4,12H2,1H3,(H,25,28)(H,26,29)/b10-7+. The van der Waals surface area contributed by atoms with Crippen LogP contribution < -0.4 is 15.4 Å². The van der Waals surface area contributed by atoms with Crippen molar-refractivity contribution in [2.24, 2.45) is 0 Å². The number of nitrogens with one attached hydrogen (secondary N) is 2. The third-order valence-electron chi connectivity index (χ3n) is 4.88. The summed E-state index contributed by atoms with van der Waals surface area (Å²) in [5.41, 5.74) is 3.00. The molecule has 150 valence electrons. The number of nitrogens with zero attached hydrogens (tertiary/aromatic N) is 2. The lowest BCUT2D eigenvalue weighted by atomic mass is 10.1. The van der Waals surface area contributed by atoms with Crippen LogP contribution in [0.4, 0.5) is 11.4 Å². The van der Waals surface area contributed by atoms with Crippen molar-refractivity contribution < 1.29 is 14.3 Å². The molecule has 2 N–H and O–H groups in total. The molecule has 0 fully saturated rings. The predicted molar refractivity (Wildman–Crippen MR) is 115 cm³/mol. The number of para-hydroxylation sites is 1. The highest BCUT2D eigenvalue weighted by molar-refractivity contribution is 6.04. The average molecular weight is 400 g/mol. The first-order valence-electron chi connectivity index (χ1n) is 9.60. The second-order valence-corrected chi connectivity index (χ2v) is 6.99. The zero-order valence-electron chi connectivity index (χ0n) is 16.4. The number of nitriles is 1. The molecule has 7 nitrogen and oxygen atoms in total. The quantitative estimate of drug-likeness (QED) is 0.635. The van der Waals surface area contributed by atoms with Crippen molar-refractivity contribution in [1.29, 1.82) is 5.26 Å². The van der Waals surface area contributed by atoms with Gasteiger partial charge < -0.3 is 19.9 Å². The summed E-state index contributed by atoms with van der Waals surface area (Å²) in [5.74, 6) is 0.0553. The average Bonchev–Trinajstić information content (AvgIpc) is 3.09. The molecule has 1 atom stereocenters. The number of aromatic nitrogens is 1. The van der Waals surface area contributed by atoms with E-state index in [2.05, 4.69) is 16.7 Å². The van der Waals surface area contributed by atoms with Gasteiger partial charge in [-0.05, 0) is 37.3 Å². The van der Waals surface area contributed by atoms with Gasteiger partial charge in [-0.3, -0.25) is 9.59 Å². The normalized spacial score (nSPS) is 15.3. The van der Waals surface area contributed by atoms with Gasteiger partial charge in [0.1, 0.15) is 5.75 Å². The Labute approximate surface area is 173 Å². The Bertz CT molecular complexity index is 1200. The second kappa shape index (κ2) is 8.13. The maximum Gasteiger partial charge on any atom is 0.265 e. The highest BCUT2D eigenvalue weighted by Crippen LogP contribution is 2.32. The number of aryl methyl sites for hydroxylation is 1. The Kier molecular flexibility index (Phi) is 5.22. The van der Waals surface area contributed by atoms with Gasteiger partial charge in [0.25, 0.3) is 5.91 Å². The molecular formula is C23H20N4O3. The molecule has 0 saturated heterocycles. The SMILES string of the molecule is CC1Oc2ccc(NC(=O)/C=C/c3cn(CCC#N)c4ccccc34)cc2NC1=O. The summed E-state index contributed by atoms with van der Waals surface area (Å²) in [7, 11) is 0. The molecule has 4 rings (SSSR count). The Balaban J connectivity index is 1.50. The largest absolute Gasteiger partial charge is 0.479 e. The lowest BCUT2D eigenvalue weighted by molar-refractivity contribution is -0.122. The van der Waals surface area contributed by atoms with Gasteiger partial charge in [-0.1, -0.05) is 18.2 Å². The smallest absolute Gasteiger partial charge is 0.265 e. The maximum atomic E-state index is 12.4. The molecule has 1 aliphatic heterocycles. The van der Waals surface area contributed by atoms with Crippen LogP contribution in [-0.4, -0.2) is 22.5 Å². The van der Waals surface area contributed by atoms with E-state index in [-0.39, 0.29) is 11.8 Å². The van der Waals surface area contributed by atoms with Crippen molar-refractivity contribution in [2.75, 3.05) is 10.6 Å². The summed E-state index contributed by atoms with van der Waals surface area (Å²) >= 11 is 0. The lowest BCUT2D eigenvalue weighted by Gasteiger charge is -2.23. The van der Waals surface area contributed by atoms with Gasteiger partial charge in [-0.15, -0.1) is 0 Å². The van der Waals surface area contributed by atoms with E-state index in [1.807, 2.05) is 35.0 Å². The van der Waals surface area contributed by atoms with E-state index < -0.39 is 6.10 Å². The number of benzene rings is 2. The van der Waals surface area contributed by atoms with E-state index >= 15 is 0 Å². The molecule has 0 saturated carbocycles. The first kappa shape index (κ1) is 19.3. The van der Waals surface area contributed by atoms with Crippen molar-refractivity contribution in [3.05, 3.63) is 60.3 Å². The van der Waals surface area contributed by atoms with Gasteiger partial charge in [0.15, 0.2) is 6.10 Å². The topological polar surface area (TPSA) is 96.2 Å². The fourth-order valence-corrected chi connectivity index (χ4v) is 3.40. The minimum absolute atomic E-state index is 0.223. The number of carbonyl (C=O) groups is 2. The number of fused-ring (bicyclic) bond motifs is 2. The third-order valence-corrected chi connectivity index (χ3v) is 4.88. The van der Waals surface area contributed by atoms with Gasteiger partial charge in [0, 0.05) is 41.0 Å². The molecule has 2 aromatic carbocycles. The molecule has 1 aromatic heterocycles. The van der Waals surface area contributed by atoms with Crippen LogP contribution in [0.15, 0.2) is 54.7 Å². The van der Waals surface area contributed by atoms with Gasteiger partial charge in [0.05, 0.1) is 18.2 Å². The van der Waals surface area contributed by atoms with E-state index in [0.29, 0.717) is 30.1 Å². The van der Waals surface area contributed by atoms with Crippen molar-refractivity contribution in [3.63, 3.8) is 0 Å². The zero-order valence-corrected chi connectivity index (χ0v) is 16.4. The Morgan fingerprint density at radius 3 is 3.00 bits per heavy atom. The van der Waals surface area contributed by atoms with Gasteiger partial charge in [-0.25, -0.2) is 0 Å². The van der Waals surface area contributed by atoms with Crippen LogP contribution in [0.5, 0.6) is 5.75 Å². The van der Waals surface area contributed by atoms with E-state index in [1.54, 1.807) is 31.2 Å². The van der Waals surface area contributed by atoms with Gasteiger partial charge in [0.2, 0.25) is 5.91 Å². The molecule has 0 bridgehead atoms. The Hall–Kier alpha value is -4.05. The van der Waals surface area contributed by atoms with Gasteiger partial charge in [-0.2, -0.15) is 5.26 Å². The number of hydrogen-bond acceptors (Lipinski definition) is 4. The summed E-state index contributed by atoms with van der Waals surface area (Å²) in [4.78, 5) is 24.2. The summed E-state index contributed by atoms with van der Waals surface area (Å²) in [6, 6.07) is 15.1. The minimum atomic E-state index is -0.545. The van der Waals surface area contributed by atoms with Crippen LogP contribution in [0.25, 0.3) is 17.0 Å². The third kappa shape index (κ3) is 3.89. The minimum Gasteiger partial charge on any atom is -0.479 e. The summed E-state index contributed by atoms with van der Waals surface area (Å²) in [5, 5.41) is 15.4. The Morgan fingerprint density at radius 2 is 2.17 bits per heavy atom. The fourth-order valence-electron chi connectivity index (χ4n) is 3.40. The molecular weight excluding hydrogens is 380 g/mol. The maximum absolute atomic E-state index is 12.4. The molecule has 0 spiro atoms. The molecule has 0 aliphatic carbocycles. The van der Waals surface area contributed by atoms with E-state index in [1.165, 1.54) is 6.08 Å². The molecule has 7 heteroatoms. The van der Waals surface area contributed by atoms with Crippen LogP contribution in [0, 0.1) is 11.3 Å². The summed E-state index contributed by atoms with van der Waals surface area (Å²) < 4.78 is 7.54. The lowest BCUT2D eigenvalue weighted by Crippen LogP contribution is -2.34. The second-order valence-electron chi connectivity index (χ2n) is 6.99. The summed E-state index contributed by atoms with van der Waals surface area (Å²) in [6.07, 6.45) is 5.04. The van der Waals surface area contributed by atoms with Crippen LogP contribution >= 0.6 is 0 Å². The molecule has 30 heavy (non-hydrogen) atoms. The van der Waals surface area contributed by atoms with E-state index in [4.69, 9.17) is 10.00 Å². The van der Waals surface area contributed by atoms with Crippen molar-refractivity contribution in [3.8, 4) is 11.8 Å². The molecule has 3 aromatic rings. The van der Waals surface area contributed by atoms with Crippen molar-refractivity contribution in [2.45, 2.75) is 26.0 Å². The molecule has 0 radical (unpaired) electrons. The van der Waals surface area contributed by atoms with E-state index in [0.717, 1.165) is 16.5 Å². The molecule has 2 amide bonds. The summed E-state index contributed by atoms with van der Waals surface area (Å²) in [6.45, 7) is 2.27. The van der Waals surface area contributed by atoms with Crippen LogP contribution in [0.1, 0.15) is 18.9 Å². The fraction of sp³-hybridized carbons (Fsp3) is 0.174. The van der Waals surface area contributed by atoms with Crippen molar-refractivity contribution >= 4 is 40.2 Å². The highest BCUT2D eigenvalue weighted by atomic mass is 16.5. The van der Waals surface area contributed by atoms with Crippen LogP contribution in [0.2, 0.25) is 0 Å².